The van der Waals surface area contributed by atoms with Crippen LogP contribution in [0.3, 0.4) is 0 Å². The molecule has 1 saturated carbocycles. The number of nitrogens with one attached hydrogen (secondary N) is 1. The predicted molar refractivity (Wildman–Crippen MR) is 72.7 cm³/mol. The van der Waals surface area contributed by atoms with Crippen LogP contribution in [0.25, 0.3) is 0 Å². The Morgan fingerprint density at radius 3 is 2.72 bits per heavy atom. The SMILES string of the molecule is COCC(O)CCNC1CC(c2ccccc2)C1. The highest BCUT2D eigenvalue weighted by molar-refractivity contribution is 5.22. The third-order valence-corrected chi connectivity index (χ3v) is 3.68. The third-order valence-electron chi connectivity index (χ3n) is 3.68. The van der Waals surface area contributed by atoms with Crippen molar-refractivity contribution in [3.8, 4) is 0 Å². The second-order valence-corrected chi connectivity index (χ2v) is 5.13. The largest absolute Gasteiger partial charge is 0.391 e. The van der Waals surface area contributed by atoms with Crippen LogP contribution in [0.15, 0.2) is 30.3 Å². The Bertz CT molecular complexity index is 336. The van der Waals surface area contributed by atoms with Crippen molar-refractivity contribution < 1.29 is 9.84 Å². The molecule has 3 heteroatoms. The first-order valence-electron chi connectivity index (χ1n) is 6.75. The summed E-state index contributed by atoms with van der Waals surface area (Å²) in [6.45, 7) is 1.30. The Kier molecular flexibility index (Phi) is 5.17. The van der Waals surface area contributed by atoms with Gasteiger partial charge in [-0.1, -0.05) is 30.3 Å². The number of rotatable bonds is 7. The molecule has 1 unspecified atom stereocenters. The van der Waals surface area contributed by atoms with E-state index in [0.717, 1.165) is 13.0 Å². The number of hydrogen-bond donors (Lipinski definition) is 2. The van der Waals surface area contributed by atoms with E-state index in [2.05, 4.69) is 35.6 Å². The Hall–Kier alpha value is -0.900. The molecular formula is C15H23NO2. The Labute approximate surface area is 109 Å². The lowest BCUT2D eigenvalue weighted by Crippen LogP contribution is -2.41. The summed E-state index contributed by atoms with van der Waals surface area (Å²) in [7, 11) is 1.62. The molecule has 0 aliphatic heterocycles. The predicted octanol–water partition coefficient (Wildman–Crippen LogP) is 1.92. The minimum absolute atomic E-state index is 0.340. The second-order valence-electron chi connectivity index (χ2n) is 5.13. The van der Waals surface area contributed by atoms with Crippen molar-refractivity contribution in [2.24, 2.45) is 0 Å². The summed E-state index contributed by atoms with van der Waals surface area (Å²) in [5, 5.41) is 13.0. The van der Waals surface area contributed by atoms with Gasteiger partial charge in [-0.25, -0.2) is 0 Å². The molecule has 0 radical (unpaired) electrons. The van der Waals surface area contributed by atoms with Crippen LogP contribution >= 0.6 is 0 Å². The van der Waals surface area contributed by atoms with E-state index in [9.17, 15) is 5.11 Å². The molecule has 2 rings (SSSR count). The molecule has 0 amide bonds. The van der Waals surface area contributed by atoms with Crippen molar-refractivity contribution in [2.75, 3.05) is 20.3 Å². The summed E-state index contributed by atoms with van der Waals surface area (Å²) < 4.78 is 4.90. The summed E-state index contributed by atoms with van der Waals surface area (Å²) in [6.07, 6.45) is 2.85. The molecule has 1 fully saturated rings. The van der Waals surface area contributed by atoms with Crippen LogP contribution in [0.5, 0.6) is 0 Å². The molecule has 0 spiro atoms. The molecule has 0 saturated heterocycles. The maximum Gasteiger partial charge on any atom is 0.0785 e. The maximum absolute atomic E-state index is 9.52. The van der Waals surface area contributed by atoms with E-state index in [-0.39, 0.29) is 6.10 Å². The average Bonchev–Trinajstić information content (AvgIpc) is 2.33. The van der Waals surface area contributed by atoms with Crippen LogP contribution in [0.4, 0.5) is 0 Å². The minimum atomic E-state index is -0.340. The van der Waals surface area contributed by atoms with Gasteiger partial charge in [0.15, 0.2) is 0 Å². The molecule has 1 atom stereocenters. The van der Waals surface area contributed by atoms with Crippen molar-refractivity contribution >= 4 is 0 Å². The van der Waals surface area contributed by atoms with E-state index in [1.807, 2.05) is 0 Å². The summed E-state index contributed by atoms with van der Waals surface area (Å²) in [5.41, 5.74) is 1.45. The van der Waals surface area contributed by atoms with Crippen LogP contribution in [0.1, 0.15) is 30.7 Å². The Morgan fingerprint density at radius 1 is 1.33 bits per heavy atom. The quantitative estimate of drug-likeness (QED) is 0.775. The number of aliphatic hydroxyl groups excluding tert-OH is 1. The summed E-state index contributed by atoms with van der Waals surface area (Å²) in [5.74, 6) is 0.715. The Morgan fingerprint density at radius 2 is 2.06 bits per heavy atom. The lowest BCUT2D eigenvalue weighted by molar-refractivity contribution is 0.0582. The number of benzene rings is 1. The van der Waals surface area contributed by atoms with E-state index in [1.54, 1.807) is 7.11 Å². The summed E-state index contributed by atoms with van der Waals surface area (Å²) in [6, 6.07) is 11.3. The highest BCUT2D eigenvalue weighted by Crippen LogP contribution is 2.36. The fourth-order valence-electron chi connectivity index (χ4n) is 2.51. The topological polar surface area (TPSA) is 41.5 Å². The van der Waals surface area contributed by atoms with Crippen LogP contribution in [0.2, 0.25) is 0 Å². The van der Waals surface area contributed by atoms with Gasteiger partial charge in [0.2, 0.25) is 0 Å². The van der Waals surface area contributed by atoms with E-state index >= 15 is 0 Å². The summed E-state index contributed by atoms with van der Waals surface area (Å²) in [4.78, 5) is 0. The maximum atomic E-state index is 9.52. The van der Waals surface area contributed by atoms with Gasteiger partial charge < -0.3 is 15.2 Å². The molecule has 1 aromatic rings. The highest BCUT2D eigenvalue weighted by atomic mass is 16.5. The van der Waals surface area contributed by atoms with Gasteiger partial charge in [0.1, 0.15) is 0 Å². The van der Waals surface area contributed by atoms with Crippen molar-refractivity contribution in [1.29, 1.82) is 0 Å². The van der Waals surface area contributed by atoms with E-state index in [0.29, 0.717) is 18.6 Å². The van der Waals surface area contributed by atoms with Gasteiger partial charge in [-0.15, -0.1) is 0 Å². The van der Waals surface area contributed by atoms with E-state index in [1.165, 1.54) is 18.4 Å². The van der Waals surface area contributed by atoms with Crippen LogP contribution in [0, 0.1) is 0 Å². The lowest BCUT2D eigenvalue weighted by atomic mass is 9.76. The van der Waals surface area contributed by atoms with Crippen molar-refractivity contribution in [1.82, 2.24) is 5.32 Å². The van der Waals surface area contributed by atoms with Gasteiger partial charge in [0, 0.05) is 13.2 Å². The van der Waals surface area contributed by atoms with Gasteiger partial charge >= 0.3 is 0 Å². The van der Waals surface area contributed by atoms with Crippen molar-refractivity contribution in [3.63, 3.8) is 0 Å². The zero-order valence-electron chi connectivity index (χ0n) is 11.0. The van der Waals surface area contributed by atoms with Crippen LogP contribution in [-0.4, -0.2) is 37.5 Å². The number of aliphatic hydroxyl groups is 1. The molecule has 1 aromatic carbocycles. The summed E-state index contributed by atoms with van der Waals surface area (Å²) >= 11 is 0. The highest BCUT2D eigenvalue weighted by Gasteiger charge is 2.29. The molecule has 18 heavy (non-hydrogen) atoms. The molecule has 1 aliphatic rings. The van der Waals surface area contributed by atoms with Gasteiger partial charge in [-0.05, 0) is 37.3 Å². The first-order chi connectivity index (χ1) is 8.79. The molecule has 0 heterocycles. The Balaban J connectivity index is 1.59. The third kappa shape index (κ3) is 3.80. The zero-order chi connectivity index (χ0) is 12.8. The fraction of sp³-hybridized carbons (Fsp3) is 0.600. The molecule has 3 nitrogen and oxygen atoms in total. The number of methoxy groups -OCH3 is 1. The normalized spacial score (nSPS) is 24.6. The van der Waals surface area contributed by atoms with Gasteiger partial charge in [0.05, 0.1) is 12.7 Å². The average molecular weight is 249 g/mol. The van der Waals surface area contributed by atoms with Gasteiger partial charge in [-0.3, -0.25) is 0 Å². The van der Waals surface area contributed by atoms with Gasteiger partial charge in [0.25, 0.3) is 0 Å². The first kappa shape index (κ1) is 13.5. The van der Waals surface area contributed by atoms with E-state index in [4.69, 9.17) is 4.74 Å². The standard InChI is InChI=1S/C15H23NO2/c1-18-11-15(17)7-8-16-14-9-13(10-14)12-5-3-2-4-6-12/h2-6,13-17H,7-11H2,1H3. The molecule has 0 aromatic heterocycles. The smallest absolute Gasteiger partial charge is 0.0785 e. The minimum Gasteiger partial charge on any atom is -0.391 e. The monoisotopic (exact) mass is 249 g/mol. The zero-order valence-corrected chi connectivity index (χ0v) is 11.0. The number of hydrogen-bond acceptors (Lipinski definition) is 3. The van der Waals surface area contributed by atoms with Gasteiger partial charge in [-0.2, -0.15) is 0 Å². The lowest BCUT2D eigenvalue weighted by Gasteiger charge is -2.36. The van der Waals surface area contributed by atoms with Crippen LogP contribution < -0.4 is 5.32 Å². The first-order valence-corrected chi connectivity index (χ1v) is 6.75. The van der Waals surface area contributed by atoms with Crippen LogP contribution in [-0.2, 0) is 4.74 Å². The molecule has 1 aliphatic carbocycles. The molecule has 100 valence electrons. The number of ether oxygens (including phenoxy) is 1. The van der Waals surface area contributed by atoms with Crippen molar-refractivity contribution in [3.05, 3.63) is 35.9 Å². The van der Waals surface area contributed by atoms with E-state index < -0.39 is 0 Å². The van der Waals surface area contributed by atoms with Crippen molar-refractivity contribution in [2.45, 2.75) is 37.3 Å². The fourth-order valence-corrected chi connectivity index (χ4v) is 2.51. The second kappa shape index (κ2) is 6.88. The molecule has 2 N–H and O–H groups in total. The molecule has 0 bridgehead atoms. The molecular weight excluding hydrogens is 226 g/mol.